The molecule has 0 bridgehead atoms. The second-order valence-electron chi connectivity index (χ2n) is 6.28. The minimum absolute atomic E-state index is 0.126. The van der Waals surface area contributed by atoms with Crippen LogP contribution in [0.4, 0.5) is 13.2 Å². The first-order valence-electron chi connectivity index (χ1n) is 7.30. The van der Waals surface area contributed by atoms with Crippen molar-refractivity contribution in [3.8, 4) is 5.75 Å². The van der Waals surface area contributed by atoms with Crippen molar-refractivity contribution in [3.05, 3.63) is 29.8 Å². The summed E-state index contributed by atoms with van der Waals surface area (Å²) in [5.74, 6) is -1.41. The van der Waals surface area contributed by atoms with Crippen molar-refractivity contribution >= 4 is 5.91 Å². The Morgan fingerprint density at radius 3 is 2.45 bits per heavy atom. The van der Waals surface area contributed by atoms with Crippen LogP contribution >= 0.6 is 0 Å². The summed E-state index contributed by atoms with van der Waals surface area (Å²) in [7, 11) is 0. The molecule has 1 aromatic carbocycles. The number of rotatable bonds is 4. The van der Waals surface area contributed by atoms with Gasteiger partial charge in [-0.15, -0.1) is 0 Å². The van der Waals surface area contributed by atoms with Crippen molar-refractivity contribution in [2.45, 2.75) is 38.8 Å². The van der Waals surface area contributed by atoms with Crippen LogP contribution in [0.3, 0.4) is 0 Å². The van der Waals surface area contributed by atoms with Gasteiger partial charge >= 0.3 is 6.18 Å². The number of hydrogen-bond acceptors (Lipinski definition) is 2. The van der Waals surface area contributed by atoms with E-state index in [0.717, 1.165) is 0 Å². The van der Waals surface area contributed by atoms with Crippen molar-refractivity contribution in [1.82, 2.24) is 0 Å². The zero-order valence-electron chi connectivity index (χ0n) is 12.5. The molecule has 3 nitrogen and oxygen atoms in total. The average Bonchev–Trinajstić information content (AvgIpc) is 2.45. The van der Waals surface area contributed by atoms with Gasteiger partial charge in [0.25, 0.3) is 5.91 Å². The highest BCUT2D eigenvalue weighted by Gasteiger charge is 2.44. The van der Waals surface area contributed by atoms with Gasteiger partial charge < -0.3 is 10.5 Å². The van der Waals surface area contributed by atoms with Crippen LogP contribution in [-0.4, -0.2) is 18.7 Å². The molecule has 0 heterocycles. The maximum Gasteiger partial charge on any atom is 0.391 e. The fourth-order valence-electron chi connectivity index (χ4n) is 2.83. The molecule has 1 aliphatic rings. The minimum atomic E-state index is -4.11. The van der Waals surface area contributed by atoms with Gasteiger partial charge in [-0.25, -0.2) is 0 Å². The molecular weight excluding hydrogens is 295 g/mol. The topological polar surface area (TPSA) is 52.3 Å². The van der Waals surface area contributed by atoms with E-state index in [1.807, 2.05) is 6.92 Å². The maximum atomic E-state index is 12.7. The number of nitrogens with two attached hydrogens (primary N) is 1. The third-order valence-corrected chi connectivity index (χ3v) is 4.38. The Hall–Kier alpha value is -1.72. The number of benzene rings is 1. The van der Waals surface area contributed by atoms with Crippen LogP contribution in [0.15, 0.2) is 24.3 Å². The summed E-state index contributed by atoms with van der Waals surface area (Å²) in [4.78, 5) is 11.3. The lowest BCUT2D eigenvalue weighted by atomic mass is 9.72. The average molecular weight is 315 g/mol. The molecule has 2 N–H and O–H groups in total. The van der Waals surface area contributed by atoms with E-state index >= 15 is 0 Å². The van der Waals surface area contributed by atoms with Gasteiger partial charge in [0.05, 0.1) is 18.1 Å². The highest BCUT2D eigenvalue weighted by Crippen LogP contribution is 2.45. The van der Waals surface area contributed by atoms with E-state index in [9.17, 15) is 18.0 Å². The summed E-state index contributed by atoms with van der Waals surface area (Å²) in [5, 5.41) is 0. The Morgan fingerprint density at radius 2 is 1.91 bits per heavy atom. The van der Waals surface area contributed by atoms with E-state index in [1.54, 1.807) is 24.3 Å². The fourth-order valence-corrected chi connectivity index (χ4v) is 2.83. The van der Waals surface area contributed by atoms with Gasteiger partial charge in [-0.1, -0.05) is 19.1 Å². The van der Waals surface area contributed by atoms with Crippen LogP contribution < -0.4 is 10.5 Å². The summed E-state index contributed by atoms with van der Waals surface area (Å²) in [5.41, 5.74) is 5.25. The SMILES string of the molecule is CC1(COc2ccccc2C(N)=O)CCC(C(F)(F)F)CC1. The number of carbonyl (C=O) groups is 1. The van der Waals surface area contributed by atoms with Gasteiger partial charge in [-0.05, 0) is 37.8 Å². The standard InChI is InChI=1S/C16H20F3NO2/c1-15(8-6-11(7-9-15)16(17,18)19)10-22-13-5-3-2-4-12(13)14(20)21/h2-5,11H,6-10H2,1H3,(H2,20,21). The predicted octanol–water partition coefficient (Wildman–Crippen LogP) is 3.92. The van der Waals surface area contributed by atoms with Crippen LogP contribution in [0.5, 0.6) is 5.75 Å². The highest BCUT2D eigenvalue weighted by atomic mass is 19.4. The van der Waals surface area contributed by atoms with Crippen LogP contribution in [0.25, 0.3) is 0 Å². The second-order valence-corrected chi connectivity index (χ2v) is 6.28. The number of alkyl halides is 3. The number of halogens is 3. The molecule has 22 heavy (non-hydrogen) atoms. The molecule has 2 rings (SSSR count). The van der Waals surface area contributed by atoms with E-state index < -0.39 is 18.0 Å². The zero-order valence-corrected chi connectivity index (χ0v) is 12.5. The van der Waals surface area contributed by atoms with Crippen molar-refractivity contribution in [2.75, 3.05) is 6.61 Å². The molecule has 0 saturated heterocycles. The first-order chi connectivity index (χ1) is 10.2. The van der Waals surface area contributed by atoms with Crippen LogP contribution in [0, 0.1) is 11.3 Å². The van der Waals surface area contributed by atoms with Gasteiger partial charge in [-0.3, -0.25) is 4.79 Å². The van der Waals surface area contributed by atoms with Crippen molar-refractivity contribution in [2.24, 2.45) is 17.1 Å². The lowest BCUT2D eigenvalue weighted by Gasteiger charge is -2.37. The zero-order chi connectivity index (χ0) is 16.4. The first-order valence-corrected chi connectivity index (χ1v) is 7.30. The van der Waals surface area contributed by atoms with Crippen LogP contribution in [0.2, 0.25) is 0 Å². The van der Waals surface area contributed by atoms with E-state index in [4.69, 9.17) is 10.5 Å². The third-order valence-electron chi connectivity index (χ3n) is 4.38. The highest BCUT2D eigenvalue weighted by molar-refractivity contribution is 5.95. The normalized spacial score (nSPS) is 25.7. The van der Waals surface area contributed by atoms with E-state index in [1.165, 1.54) is 0 Å². The maximum absolute atomic E-state index is 12.7. The molecule has 0 spiro atoms. The van der Waals surface area contributed by atoms with Gasteiger partial charge in [0.15, 0.2) is 0 Å². The molecule has 1 fully saturated rings. The van der Waals surface area contributed by atoms with Gasteiger partial charge in [0.2, 0.25) is 0 Å². The number of amides is 1. The van der Waals surface area contributed by atoms with Crippen molar-refractivity contribution in [1.29, 1.82) is 0 Å². The Labute approximate surface area is 127 Å². The number of para-hydroxylation sites is 1. The molecule has 1 amide bonds. The summed E-state index contributed by atoms with van der Waals surface area (Å²) in [6.07, 6.45) is -2.95. The summed E-state index contributed by atoms with van der Waals surface area (Å²) in [6.45, 7) is 2.20. The smallest absolute Gasteiger partial charge is 0.391 e. The van der Waals surface area contributed by atoms with E-state index in [-0.39, 0.29) is 30.4 Å². The van der Waals surface area contributed by atoms with Crippen LogP contribution in [-0.2, 0) is 0 Å². The predicted molar refractivity (Wildman–Crippen MR) is 76.6 cm³/mol. The molecule has 0 radical (unpaired) electrons. The van der Waals surface area contributed by atoms with E-state index in [0.29, 0.717) is 18.6 Å². The summed E-state index contributed by atoms with van der Waals surface area (Å²) in [6, 6.07) is 6.62. The van der Waals surface area contributed by atoms with Gasteiger partial charge in [0, 0.05) is 5.41 Å². The van der Waals surface area contributed by atoms with Gasteiger partial charge in [0.1, 0.15) is 5.75 Å². The lowest BCUT2D eigenvalue weighted by Crippen LogP contribution is -2.35. The Bertz CT molecular complexity index is 534. The second kappa shape index (κ2) is 6.18. The Balaban J connectivity index is 1.97. The molecule has 6 heteroatoms. The Morgan fingerprint density at radius 1 is 1.32 bits per heavy atom. The lowest BCUT2D eigenvalue weighted by molar-refractivity contribution is -0.187. The minimum Gasteiger partial charge on any atom is -0.492 e. The van der Waals surface area contributed by atoms with Crippen molar-refractivity contribution < 1.29 is 22.7 Å². The number of hydrogen-bond donors (Lipinski definition) is 1. The Kier molecular flexibility index (Phi) is 4.68. The molecule has 1 aliphatic carbocycles. The number of primary amides is 1. The largest absolute Gasteiger partial charge is 0.492 e. The quantitative estimate of drug-likeness (QED) is 0.915. The molecule has 0 unspecified atom stereocenters. The number of ether oxygens (including phenoxy) is 1. The summed E-state index contributed by atoms with van der Waals surface area (Å²) >= 11 is 0. The molecule has 1 saturated carbocycles. The molecule has 122 valence electrons. The molecule has 1 aromatic rings. The van der Waals surface area contributed by atoms with E-state index in [2.05, 4.69) is 0 Å². The molecule has 0 aromatic heterocycles. The molecule has 0 aliphatic heterocycles. The molecular formula is C16H20F3NO2. The fraction of sp³-hybridized carbons (Fsp3) is 0.562. The summed E-state index contributed by atoms with van der Waals surface area (Å²) < 4.78 is 43.8. The third kappa shape index (κ3) is 3.93. The molecule has 0 atom stereocenters. The van der Waals surface area contributed by atoms with Crippen molar-refractivity contribution in [3.63, 3.8) is 0 Å². The van der Waals surface area contributed by atoms with Crippen LogP contribution in [0.1, 0.15) is 43.0 Å². The monoisotopic (exact) mass is 315 g/mol. The van der Waals surface area contributed by atoms with Gasteiger partial charge in [-0.2, -0.15) is 13.2 Å². The first kappa shape index (κ1) is 16.6. The number of carbonyl (C=O) groups excluding carboxylic acids is 1.